The number of carbonyl (C=O) groups excluding carboxylic acids is 2. The molecular formula is C25H23N3O5. The lowest BCUT2D eigenvalue weighted by atomic mass is 10.1. The minimum Gasteiger partial charge on any atom is -0.493 e. The molecule has 0 aliphatic carbocycles. The number of amides is 3. The van der Waals surface area contributed by atoms with Crippen molar-refractivity contribution in [2.45, 2.75) is 0 Å². The fraction of sp³-hybridized carbons (Fsp3) is 0.120. The van der Waals surface area contributed by atoms with E-state index in [0.717, 1.165) is 5.56 Å². The smallest absolute Gasteiger partial charge is 0.323 e. The second kappa shape index (κ2) is 10.2. The van der Waals surface area contributed by atoms with Crippen LogP contribution in [0.1, 0.15) is 5.56 Å². The van der Waals surface area contributed by atoms with Crippen LogP contribution < -0.4 is 30.2 Å². The summed E-state index contributed by atoms with van der Waals surface area (Å²) in [5, 5.41) is 8.27. The lowest BCUT2D eigenvalue weighted by Gasteiger charge is -2.20. The Labute approximate surface area is 191 Å². The Balaban J connectivity index is 1.38. The Morgan fingerprint density at radius 2 is 1.55 bits per heavy atom. The molecule has 1 aliphatic heterocycles. The summed E-state index contributed by atoms with van der Waals surface area (Å²) in [5.74, 6) is 1.36. The number of para-hydroxylation sites is 1. The molecule has 0 saturated heterocycles. The fourth-order valence-electron chi connectivity index (χ4n) is 3.24. The van der Waals surface area contributed by atoms with E-state index in [-0.39, 0.29) is 11.9 Å². The molecule has 4 rings (SSSR count). The number of carbonyl (C=O) groups is 2. The Kier molecular flexibility index (Phi) is 6.75. The molecule has 0 saturated carbocycles. The average molecular weight is 445 g/mol. The van der Waals surface area contributed by atoms with E-state index in [1.165, 1.54) is 6.08 Å². The second-order valence-electron chi connectivity index (χ2n) is 7.10. The van der Waals surface area contributed by atoms with Crippen molar-refractivity contribution in [2.24, 2.45) is 0 Å². The molecule has 168 valence electrons. The van der Waals surface area contributed by atoms with Crippen molar-refractivity contribution in [3.8, 4) is 17.2 Å². The summed E-state index contributed by atoms with van der Waals surface area (Å²) < 4.78 is 16.6. The van der Waals surface area contributed by atoms with Crippen molar-refractivity contribution in [3.63, 3.8) is 0 Å². The molecule has 1 heterocycles. The average Bonchev–Trinajstić information content (AvgIpc) is 2.83. The number of hydrogen-bond acceptors (Lipinski definition) is 5. The van der Waals surface area contributed by atoms with Crippen LogP contribution in [-0.2, 0) is 4.79 Å². The van der Waals surface area contributed by atoms with Crippen LogP contribution in [0.5, 0.6) is 17.2 Å². The summed E-state index contributed by atoms with van der Waals surface area (Å²) in [6.45, 7) is 0.917. The van der Waals surface area contributed by atoms with Crippen LogP contribution in [-0.4, -0.2) is 32.3 Å². The molecule has 0 aromatic heterocycles. The number of benzene rings is 3. The van der Waals surface area contributed by atoms with E-state index < -0.39 is 0 Å². The number of nitrogens with one attached hydrogen (secondary N) is 3. The third kappa shape index (κ3) is 5.82. The van der Waals surface area contributed by atoms with E-state index in [4.69, 9.17) is 14.2 Å². The SMILES string of the molecule is COc1cc(/C=C/C(=O)Nc2cccc(NC(=O)Nc3ccccc3)c2)cc2c1OCCO2. The monoisotopic (exact) mass is 445 g/mol. The van der Waals surface area contributed by atoms with Gasteiger partial charge in [-0.05, 0) is 54.1 Å². The molecule has 8 nitrogen and oxygen atoms in total. The maximum absolute atomic E-state index is 12.4. The van der Waals surface area contributed by atoms with Crippen molar-refractivity contribution < 1.29 is 23.8 Å². The number of ether oxygens (including phenoxy) is 3. The Hall–Kier alpha value is -4.46. The molecule has 3 aromatic rings. The highest BCUT2D eigenvalue weighted by atomic mass is 16.6. The van der Waals surface area contributed by atoms with Crippen LogP contribution in [0.25, 0.3) is 6.08 Å². The van der Waals surface area contributed by atoms with E-state index in [9.17, 15) is 9.59 Å². The topological polar surface area (TPSA) is 97.9 Å². The minimum atomic E-state index is -0.378. The molecule has 1 aliphatic rings. The summed E-state index contributed by atoms with van der Waals surface area (Å²) in [6.07, 6.45) is 3.07. The molecule has 0 radical (unpaired) electrons. The van der Waals surface area contributed by atoms with Crippen LogP contribution in [0, 0.1) is 0 Å². The highest BCUT2D eigenvalue weighted by molar-refractivity contribution is 6.03. The van der Waals surface area contributed by atoms with Crippen LogP contribution in [0.4, 0.5) is 21.9 Å². The normalized spacial score (nSPS) is 12.2. The van der Waals surface area contributed by atoms with Gasteiger partial charge < -0.3 is 30.2 Å². The summed E-state index contributed by atoms with van der Waals surface area (Å²) in [7, 11) is 1.55. The van der Waals surface area contributed by atoms with Crippen molar-refractivity contribution in [1.29, 1.82) is 0 Å². The van der Waals surface area contributed by atoms with Crippen molar-refractivity contribution in [2.75, 3.05) is 36.3 Å². The van der Waals surface area contributed by atoms with E-state index >= 15 is 0 Å². The minimum absolute atomic E-state index is 0.324. The Morgan fingerprint density at radius 3 is 2.33 bits per heavy atom. The van der Waals surface area contributed by atoms with Gasteiger partial charge in [-0.2, -0.15) is 0 Å². The molecule has 3 N–H and O–H groups in total. The molecule has 33 heavy (non-hydrogen) atoms. The lowest BCUT2D eigenvalue weighted by Crippen LogP contribution is -2.19. The fourth-order valence-corrected chi connectivity index (χ4v) is 3.24. The number of rotatable bonds is 6. The first-order chi connectivity index (χ1) is 16.1. The van der Waals surface area contributed by atoms with Gasteiger partial charge in [0.25, 0.3) is 0 Å². The molecule has 0 unspecified atom stereocenters. The van der Waals surface area contributed by atoms with Crippen LogP contribution in [0.2, 0.25) is 0 Å². The third-order valence-corrected chi connectivity index (χ3v) is 4.70. The van der Waals surface area contributed by atoms with E-state index in [1.807, 2.05) is 18.2 Å². The van der Waals surface area contributed by atoms with Crippen LogP contribution >= 0.6 is 0 Å². The number of anilines is 3. The molecule has 0 spiro atoms. The van der Waals surface area contributed by atoms with Gasteiger partial charge in [-0.15, -0.1) is 0 Å². The molecule has 0 fully saturated rings. The number of fused-ring (bicyclic) bond motifs is 1. The van der Waals surface area contributed by atoms with E-state index in [2.05, 4.69) is 16.0 Å². The lowest BCUT2D eigenvalue weighted by molar-refractivity contribution is -0.111. The Morgan fingerprint density at radius 1 is 0.848 bits per heavy atom. The zero-order valence-corrected chi connectivity index (χ0v) is 18.0. The number of urea groups is 1. The summed E-state index contributed by atoms with van der Waals surface area (Å²) in [6, 6.07) is 19.2. The standard InChI is InChI=1S/C25H23N3O5/c1-31-21-14-17(15-22-24(21)33-13-12-32-22)10-11-23(29)26-19-8-5-9-20(16-19)28-25(30)27-18-6-3-2-4-7-18/h2-11,14-16H,12-13H2,1H3,(H,26,29)(H2,27,28,30)/b11-10+. The van der Waals surface area contributed by atoms with Gasteiger partial charge in [0, 0.05) is 23.1 Å². The van der Waals surface area contributed by atoms with Crippen LogP contribution in [0.3, 0.4) is 0 Å². The maximum atomic E-state index is 12.4. The van der Waals surface area contributed by atoms with Crippen molar-refractivity contribution in [3.05, 3.63) is 78.4 Å². The molecular weight excluding hydrogens is 422 g/mol. The first-order valence-electron chi connectivity index (χ1n) is 10.3. The first-order valence-corrected chi connectivity index (χ1v) is 10.3. The summed E-state index contributed by atoms with van der Waals surface area (Å²) in [4.78, 5) is 24.6. The highest BCUT2D eigenvalue weighted by Crippen LogP contribution is 2.40. The first kappa shape index (κ1) is 21.8. The van der Waals surface area contributed by atoms with Crippen molar-refractivity contribution in [1.82, 2.24) is 0 Å². The third-order valence-electron chi connectivity index (χ3n) is 4.70. The van der Waals surface area contributed by atoms with E-state index in [0.29, 0.717) is 47.5 Å². The molecule has 0 bridgehead atoms. The molecule has 0 atom stereocenters. The molecule has 8 heteroatoms. The van der Waals surface area contributed by atoms with E-state index in [1.54, 1.807) is 61.7 Å². The summed E-state index contributed by atoms with van der Waals surface area (Å²) >= 11 is 0. The van der Waals surface area contributed by atoms with Gasteiger partial charge in [0.2, 0.25) is 11.7 Å². The van der Waals surface area contributed by atoms with Crippen molar-refractivity contribution >= 4 is 35.1 Å². The quantitative estimate of drug-likeness (QED) is 0.475. The second-order valence-corrected chi connectivity index (χ2v) is 7.10. The van der Waals surface area contributed by atoms with Gasteiger partial charge in [0.15, 0.2) is 11.5 Å². The maximum Gasteiger partial charge on any atom is 0.323 e. The summed E-state index contributed by atoms with van der Waals surface area (Å²) in [5.41, 5.74) is 2.50. The number of hydrogen-bond donors (Lipinski definition) is 3. The number of methoxy groups -OCH3 is 1. The van der Waals surface area contributed by atoms with Gasteiger partial charge >= 0.3 is 6.03 Å². The molecule has 3 aromatic carbocycles. The zero-order chi connectivity index (χ0) is 23.0. The van der Waals surface area contributed by atoms with Crippen LogP contribution in [0.15, 0.2) is 72.8 Å². The predicted molar refractivity (Wildman–Crippen MR) is 127 cm³/mol. The van der Waals surface area contributed by atoms with Gasteiger partial charge in [0.1, 0.15) is 13.2 Å². The largest absolute Gasteiger partial charge is 0.493 e. The predicted octanol–water partition coefficient (Wildman–Crippen LogP) is 4.76. The van der Waals surface area contributed by atoms with Gasteiger partial charge in [-0.1, -0.05) is 24.3 Å². The zero-order valence-electron chi connectivity index (χ0n) is 18.0. The highest BCUT2D eigenvalue weighted by Gasteiger charge is 2.17. The van der Waals surface area contributed by atoms with Gasteiger partial charge in [-0.25, -0.2) is 4.79 Å². The van der Waals surface area contributed by atoms with Gasteiger partial charge in [-0.3, -0.25) is 4.79 Å². The Bertz CT molecular complexity index is 1160. The van der Waals surface area contributed by atoms with Gasteiger partial charge in [0.05, 0.1) is 7.11 Å². The molecule has 3 amide bonds.